The van der Waals surface area contributed by atoms with E-state index in [2.05, 4.69) is 5.32 Å². The van der Waals surface area contributed by atoms with E-state index in [9.17, 15) is 13.2 Å². The highest BCUT2D eigenvalue weighted by Gasteiger charge is 2.24. The van der Waals surface area contributed by atoms with Crippen LogP contribution in [0.3, 0.4) is 0 Å². The summed E-state index contributed by atoms with van der Waals surface area (Å²) in [5, 5.41) is 2.83. The summed E-state index contributed by atoms with van der Waals surface area (Å²) in [5.74, 6) is -0.220. The summed E-state index contributed by atoms with van der Waals surface area (Å²) in [5.41, 5.74) is 0. The number of carbonyl (C=O) groups is 1. The lowest BCUT2D eigenvalue weighted by Gasteiger charge is -2.10. The van der Waals surface area contributed by atoms with E-state index < -0.39 is 10.0 Å². The fraction of sp³-hybridized carbons (Fsp3) is 0.583. The summed E-state index contributed by atoms with van der Waals surface area (Å²) in [4.78, 5) is 13.2. The third kappa shape index (κ3) is 3.55. The molecule has 0 saturated heterocycles. The van der Waals surface area contributed by atoms with Crippen molar-refractivity contribution in [3.63, 3.8) is 0 Å². The lowest BCUT2D eigenvalue weighted by atomic mass is 10.2. The molecule has 0 spiro atoms. The Hall–Kier alpha value is -0.920. The van der Waals surface area contributed by atoms with Crippen molar-refractivity contribution >= 4 is 27.3 Å². The van der Waals surface area contributed by atoms with E-state index >= 15 is 0 Å². The molecule has 1 rings (SSSR count). The molecule has 0 fully saturated rings. The summed E-state index contributed by atoms with van der Waals surface area (Å²) in [6.45, 7) is 5.60. The number of hydrogen-bond acceptors (Lipinski definition) is 4. The molecule has 0 aliphatic rings. The van der Waals surface area contributed by atoms with Crippen LogP contribution >= 0.6 is 11.3 Å². The third-order valence-corrected chi connectivity index (χ3v) is 5.96. The maximum Gasteiger partial charge on any atom is 0.261 e. The molecule has 1 heterocycles. The van der Waals surface area contributed by atoms with Crippen molar-refractivity contribution in [1.82, 2.24) is 9.62 Å². The zero-order valence-electron chi connectivity index (χ0n) is 11.9. The first kappa shape index (κ1) is 16.1. The van der Waals surface area contributed by atoms with Gasteiger partial charge < -0.3 is 5.32 Å². The van der Waals surface area contributed by atoms with Crippen LogP contribution in [0.15, 0.2) is 11.0 Å². The van der Waals surface area contributed by atoms with Gasteiger partial charge in [0.05, 0.1) is 9.77 Å². The number of sulfonamides is 1. The predicted molar refractivity (Wildman–Crippen MR) is 77.1 cm³/mol. The largest absolute Gasteiger partial charge is 0.349 e. The quantitative estimate of drug-likeness (QED) is 0.902. The molecule has 1 N–H and O–H groups in total. The molecule has 108 valence electrons. The van der Waals surface area contributed by atoms with Crippen LogP contribution in [0.5, 0.6) is 0 Å². The van der Waals surface area contributed by atoms with Crippen molar-refractivity contribution < 1.29 is 13.2 Å². The van der Waals surface area contributed by atoms with Gasteiger partial charge in [-0.1, -0.05) is 6.92 Å². The highest BCUT2D eigenvalue weighted by atomic mass is 32.2. The first-order valence-corrected chi connectivity index (χ1v) is 8.29. The van der Waals surface area contributed by atoms with Gasteiger partial charge in [-0.3, -0.25) is 4.79 Å². The van der Waals surface area contributed by atoms with Gasteiger partial charge in [-0.25, -0.2) is 12.7 Å². The van der Waals surface area contributed by atoms with Crippen molar-refractivity contribution in [1.29, 1.82) is 0 Å². The molecule has 19 heavy (non-hydrogen) atoms. The molecule has 0 radical (unpaired) electrons. The van der Waals surface area contributed by atoms with Crippen molar-refractivity contribution in [2.45, 2.75) is 38.1 Å². The first-order valence-electron chi connectivity index (χ1n) is 6.04. The Balaban J connectivity index is 3.07. The molecule has 1 aromatic heterocycles. The fourth-order valence-electron chi connectivity index (χ4n) is 1.43. The minimum Gasteiger partial charge on any atom is -0.349 e. The maximum atomic E-state index is 12.1. The standard InChI is InChI=1S/C12H20N2O3S2/c1-6-8(2)13-12(15)10-7-11(9(3)18-10)19(16,17)14(4)5/h7-8H,6H2,1-5H3,(H,13,15)/t8-/m1/s1. The Morgan fingerprint density at radius 3 is 2.53 bits per heavy atom. The Labute approximate surface area is 118 Å². The van der Waals surface area contributed by atoms with Crippen LogP contribution in [0.1, 0.15) is 34.8 Å². The van der Waals surface area contributed by atoms with Crippen molar-refractivity contribution in [3.05, 3.63) is 15.8 Å². The number of aryl methyl sites for hydroxylation is 1. The van der Waals surface area contributed by atoms with E-state index in [1.165, 1.54) is 31.5 Å². The molecule has 1 amide bonds. The number of nitrogens with zero attached hydrogens (tertiary/aromatic N) is 1. The van der Waals surface area contributed by atoms with E-state index in [1.807, 2.05) is 13.8 Å². The van der Waals surface area contributed by atoms with Crippen LogP contribution in [0.2, 0.25) is 0 Å². The predicted octanol–water partition coefficient (Wildman–Crippen LogP) is 1.84. The number of hydrogen-bond donors (Lipinski definition) is 1. The molecule has 0 saturated carbocycles. The van der Waals surface area contributed by atoms with Crippen LogP contribution in [-0.2, 0) is 10.0 Å². The van der Waals surface area contributed by atoms with Crippen LogP contribution in [0.25, 0.3) is 0 Å². The zero-order valence-corrected chi connectivity index (χ0v) is 13.5. The Bertz CT molecular complexity index is 562. The van der Waals surface area contributed by atoms with E-state index in [4.69, 9.17) is 0 Å². The molecular weight excluding hydrogens is 284 g/mol. The van der Waals surface area contributed by atoms with Gasteiger partial charge in [0.1, 0.15) is 0 Å². The lowest BCUT2D eigenvalue weighted by Crippen LogP contribution is -2.31. The van der Waals surface area contributed by atoms with Gasteiger partial charge >= 0.3 is 0 Å². The van der Waals surface area contributed by atoms with Crippen LogP contribution in [0, 0.1) is 6.92 Å². The molecule has 1 atom stereocenters. The molecule has 0 unspecified atom stereocenters. The monoisotopic (exact) mass is 304 g/mol. The van der Waals surface area contributed by atoms with Gasteiger partial charge in [-0.2, -0.15) is 0 Å². The topological polar surface area (TPSA) is 66.5 Å². The van der Waals surface area contributed by atoms with Crippen molar-refractivity contribution in [2.75, 3.05) is 14.1 Å². The fourth-order valence-corrected chi connectivity index (χ4v) is 3.78. The Kier molecular flexibility index (Phi) is 5.11. The van der Waals surface area contributed by atoms with Gasteiger partial charge in [0, 0.05) is 25.0 Å². The third-order valence-electron chi connectivity index (χ3n) is 2.84. The molecule has 0 aromatic carbocycles. The zero-order chi connectivity index (χ0) is 14.8. The molecule has 0 bridgehead atoms. The van der Waals surface area contributed by atoms with Crippen molar-refractivity contribution in [3.8, 4) is 0 Å². The van der Waals surface area contributed by atoms with Gasteiger partial charge in [0.25, 0.3) is 5.91 Å². The smallest absolute Gasteiger partial charge is 0.261 e. The highest BCUT2D eigenvalue weighted by molar-refractivity contribution is 7.89. The normalized spacial score (nSPS) is 13.6. The minimum absolute atomic E-state index is 0.0730. The molecule has 1 aromatic rings. The van der Waals surface area contributed by atoms with Crippen LogP contribution < -0.4 is 5.32 Å². The van der Waals surface area contributed by atoms with Crippen LogP contribution in [0.4, 0.5) is 0 Å². The van der Waals surface area contributed by atoms with E-state index in [-0.39, 0.29) is 16.8 Å². The second-order valence-corrected chi connectivity index (χ2v) is 7.98. The molecular formula is C12H20N2O3S2. The second-order valence-electron chi connectivity index (χ2n) is 4.60. The summed E-state index contributed by atoms with van der Waals surface area (Å²) < 4.78 is 25.3. The van der Waals surface area contributed by atoms with E-state index in [0.717, 1.165) is 10.7 Å². The Morgan fingerprint density at radius 1 is 1.47 bits per heavy atom. The summed E-state index contributed by atoms with van der Waals surface area (Å²) >= 11 is 1.20. The van der Waals surface area contributed by atoms with E-state index in [0.29, 0.717) is 9.75 Å². The van der Waals surface area contributed by atoms with Crippen molar-refractivity contribution in [2.24, 2.45) is 0 Å². The van der Waals surface area contributed by atoms with Gasteiger partial charge in [-0.05, 0) is 26.3 Å². The number of nitrogens with one attached hydrogen (secondary N) is 1. The minimum atomic E-state index is -3.49. The molecule has 5 nitrogen and oxygen atoms in total. The number of rotatable bonds is 5. The van der Waals surface area contributed by atoms with Gasteiger partial charge in [0.15, 0.2) is 0 Å². The Morgan fingerprint density at radius 2 is 2.05 bits per heavy atom. The molecule has 0 aliphatic carbocycles. The van der Waals surface area contributed by atoms with Crippen LogP contribution in [-0.4, -0.2) is 38.8 Å². The van der Waals surface area contributed by atoms with Gasteiger partial charge in [0.2, 0.25) is 10.0 Å². The summed E-state index contributed by atoms with van der Waals surface area (Å²) in [6, 6.07) is 1.52. The average molecular weight is 304 g/mol. The SMILES string of the molecule is CC[C@@H](C)NC(=O)c1cc(S(=O)(=O)N(C)C)c(C)s1. The summed E-state index contributed by atoms with van der Waals surface area (Å²) in [7, 11) is -0.535. The average Bonchev–Trinajstić information content (AvgIpc) is 2.71. The molecule has 0 aliphatic heterocycles. The highest BCUT2D eigenvalue weighted by Crippen LogP contribution is 2.27. The summed E-state index contributed by atoms with van der Waals surface area (Å²) in [6.07, 6.45) is 0.832. The maximum absolute atomic E-state index is 12.1. The van der Waals surface area contributed by atoms with Gasteiger partial charge in [-0.15, -0.1) is 11.3 Å². The molecule has 7 heteroatoms. The number of amides is 1. The first-order chi connectivity index (χ1) is 8.70. The number of carbonyl (C=O) groups excluding carboxylic acids is 1. The lowest BCUT2D eigenvalue weighted by molar-refractivity contribution is 0.0943. The second kappa shape index (κ2) is 6.02. The van der Waals surface area contributed by atoms with E-state index in [1.54, 1.807) is 6.92 Å². The number of thiophene rings is 1.